The first-order valence-electron chi connectivity index (χ1n) is 7.94. The van der Waals surface area contributed by atoms with Crippen LogP contribution in [0.15, 0.2) is 65.4 Å². The van der Waals surface area contributed by atoms with Gasteiger partial charge < -0.3 is 9.73 Å². The molecule has 0 radical (unpaired) electrons. The van der Waals surface area contributed by atoms with Crippen LogP contribution < -0.4 is 5.32 Å². The number of furan rings is 1. The molecule has 0 spiro atoms. The van der Waals surface area contributed by atoms with Crippen LogP contribution in [0.25, 0.3) is 5.65 Å². The Bertz CT molecular complexity index is 1030. The molecular weight excluding hydrogens is 316 g/mol. The van der Waals surface area contributed by atoms with E-state index in [9.17, 15) is 4.79 Å². The monoisotopic (exact) mass is 332 g/mol. The van der Waals surface area contributed by atoms with E-state index in [0.717, 1.165) is 22.7 Å². The predicted octanol–water partition coefficient (Wildman–Crippen LogP) is 3.47. The average molecular weight is 332 g/mol. The van der Waals surface area contributed by atoms with Crippen LogP contribution in [0.4, 0.5) is 5.69 Å². The van der Waals surface area contributed by atoms with E-state index in [1.807, 2.05) is 53.1 Å². The van der Waals surface area contributed by atoms with Crippen molar-refractivity contribution < 1.29 is 9.21 Å². The Labute approximate surface area is 144 Å². The van der Waals surface area contributed by atoms with Gasteiger partial charge in [0.05, 0.1) is 11.8 Å². The van der Waals surface area contributed by atoms with Crippen LogP contribution in [0.3, 0.4) is 0 Å². The molecule has 3 heterocycles. The summed E-state index contributed by atoms with van der Waals surface area (Å²) < 4.78 is 7.13. The maximum absolute atomic E-state index is 12.2. The standard InChI is InChI=1S/C19H16N4O2/c1-13-16(9-11-25-13)19(24)20-15-7-5-14(6-8-15)12-18-22-21-17-4-2-3-10-23(17)18/h2-11H,12H2,1H3,(H,20,24). The molecule has 1 amide bonds. The van der Waals surface area contributed by atoms with Crippen LogP contribution in [0, 0.1) is 6.92 Å². The number of pyridine rings is 1. The van der Waals surface area contributed by atoms with Gasteiger partial charge in [-0.15, -0.1) is 10.2 Å². The van der Waals surface area contributed by atoms with Gasteiger partial charge in [-0.2, -0.15) is 0 Å². The third-order valence-corrected chi connectivity index (χ3v) is 4.06. The highest BCUT2D eigenvalue weighted by Crippen LogP contribution is 2.16. The first kappa shape index (κ1) is 15.1. The van der Waals surface area contributed by atoms with Crippen LogP contribution in [0.5, 0.6) is 0 Å². The zero-order chi connectivity index (χ0) is 17.2. The Balaban J connectivity index is 1.49. The summed E-state index contributed by atoms with van der Waals surface area (Å²) in [6.07, 6.45) is 4.13. The van der Waals surface area contributed by atoms with Gasteiger partial charge in [-0.25, -0.2) is 0 Å². The van der Waals surface area contributed by atoms with Crippen molar-refractivity contribution in [3.8, 4) is 0 Å². The minimum Gasteiger partial charge on any atom is -0.469 e. The number of hydrogen-bond donors (Lipinski definition) is 1. The summed E-state index contributed by atoms with van der Waals surface area (Å²) in [5.41, 5.74) is 3.20. The van der Waals surface area contributed by atoms with Gasteiger partial charge in [-0.05, 0) is 42.8 Å². The number of fused-ring (bicyclic) bond motifs is 1. The second-order valence-electron chi connectivity index (χ2n) is 5.76. The highest BCUT2D eigenvalue weighted by molar-refractivity contribution is 6.04. The number of carbonyl (C=O) groups excluding carboxylic acids is 1. The fraction of sp³-hybridized carbons (Fsp3) is 0.105. The molecule has 0 aliphatic heterocycles. The van der Waals surface area contributed by atoms with Gasteiger partial charge in [0.2, 0.25) is 0 Å². The van der Waals surface area contributed by atoms with E-state index in [1.54, 1.807) is 13.0 Å². The van der Waals surface area contributed by atoms with E-state index in [0.29, 0.717) is 17.7 Å². The van der Waals surface area contributed by atoms with Gasteiger partial charge in [-0.1, -0.05) is 18.2 Å². The molecule has 0 unspecified atom stereocenters. The van der Waals surface area contributed by atoms with E-state index in [1.165, 1.54) is 6.26 Å². The van der Waals surface area contributed by atoms with Crippen LogP contribution in [0.1, 0.15) is 27.5 Å². The third-order valence-electron chi connectivity index (χ3n) is 4.06. The molecule has 1 N–H and O–H groups in total. The molecule has 0 saturated carbocycles. The van der Waals surface area contributed by atoms with Crippen molar-refractivity contribution in [3.05, 3.63) is 83.7 Å². The summed E-state index contributed by atoms with van der Waals surface area (Å²) >= 11 is 0. The quantitative estimate of drug-likeness (QED) is 0.621. The molecule has 1 aromatic carbocycles. The Morgan fingerprint density at radius 3 is 2.72 bits per heavy atom. The Morgan fingerprint density at radius 2 is 1.96 bits per heavy atom. The van der Waals surface area contributed by atoms with Gasteiger partial charge >= 0.3 is 0 Å². The SMILES string of the molecule is Cc1occc1C(=O)Nc1ccc(Cc2nnc3ccccn23)cc1. The molecule has 4 rings (SSSR count). The normalized spacial score (nSPS) is 10.9. The topological polar surface area (TPSA) is 72.4 Å². The van der Waals surface area contributed by atoms with Gasteiger partial charge in [0, 0.05) is 18.3 Å². The van der Waals surface area contributed by atoms with Crippen LogP contribution in [-0.4, -0.2) is 20.5 Å². The number of amides is 1. The first-order valence-corrected chi connectivity index (χ1v) is 7.94. The molecule has 3 aromatic heterocycles. The van der Waals surface area contributed by atoms with Gasteiger partial charge in [0.15, 0.2) is 5.65 Å². The van der Waals surface area contributed by atoms with Crippen molar-refractivity contribution in [2.24, 2.45) is 0 Å². The van der Waals surface area contributed by atoms with E-state index in [-0.39, 0.29) is 5.91 Å². The summed E-state index contributed by atoms with van der Waals surface area (Å²) in [4.78, 5) is 12.2. The fourth-order valence-electron chi connectivity index (χ4n) is 2.72. The minimum atomic E-state index is -0.178. The molecule has 25 heavy (non-hydrogen) atoms. The van der Waals surface area contributed by atoms with Crippen molar-refractivity contribution in [3.63, 3.8) is 0 Å². The zero-order valence-corrected chi connectivity index (χ0v) is 13.6. The molecule has 0 atom stereocenters. The number of aromatic nitrogens is 3. The average Bonchev–Trinajstić information content (AvgIpc) is 3.23. The summed E-state index contributed by atoms with van der Waals surface area (Å²) in [5, 5.41) is 11.3. The molecule has 124 valence electrons. The molecule has 6 heteroatoms. The van der Waals surface area contributed by atoms with Crippen molar-refractivity contribution in [1.29, 1.82) is 0 Å². The fourth-order valence-corrected chi connectivity index (χ4v) is 2.72. The minimum absolute atomic E-state index is 0.178. The van der Waals surface area contributed by atoms with E-state index in [4.69, 9.17) is 4.42 Å². The van der Waals surface area contributed by atoms with Crippen molar-refractivity contribution in [2.45, 2.75) is 13.3 Å². The Hall–Kier alpha value is -3.41. The lowest BCUT2D eigenvalue weighted by Gasteiger charge is -2.06. The second-order valence-corrected chi connectivity index (χ2v) is 5.76. The molecular formula is C19H16N4O2. The summed E-state index contributed by atoms with van der Waals surface area (Å²) in [6, 6.07) is 15.2. The maximum atomic E-state index is 12.2. The van der Waals surface area contributed by atoms with Crippen LogP contribution in [0.2, 0.25) is 0 Å². The molecule has 6 nitrogen and oxygen atoms in total. The molecule has 0 saturated heterocycles. The van der Waals surface area contributed by atoms with Gasteiger partial charge in [0.1, 0.15) is 11.6 Å². The van der Waals surface area contributed by atoms with Crippen molar-refractivity contribution in [1.82, 2.24) is 14.6 Å². The van der Waals surface area contributed by atoms with E-state index < -0.39 is 0 Å². The lowest BCUT2D eigenvalue weighted by atomic mass is 10.1. The van der Waals surface area contributed by atoms with Gasteiger partial charge in [0.25, 0.3) is 5.91 Å². The number of carbonyl (C=O) groups is 1. The van der Waals surface area contributed by atoms with Crippen LogP contribution >= 0.6 is 0 Å². The number of aryl methyl sites for hydroxylation is 1. The third kappa shape index (κ3) is 3.01. The molecule has 0 bridgehead atoms. The summed E-state index contributed by atoms with van der Waals surface area (Å²) in [6.45, 7) is 1.76. The summed E-state index contributed by atoms with van der Waals surface area (Å²) in [7, 11) is 0. The number of benzene rings is 1. The highest BCUT2D eigenvalue weighted by atomic mass is 16.3. The zero-order valence-electron chi connectivity index (χ0n) is 13.6. The van der Waals surface area contributed by atoms with Crippen molar-refractivity contribution >= 4 is 17.2 Å². The number of rotatable bonds is 4. The van der Waals surface area contributed by atoms with Crippen molar-refractivity contribution in [2.75, 3.05) is 5.32 Å². The smallest absolute Gasteiger partial charge is 0.259 e. The Kier molecular flexibility index (Phi) is 3.78. The number of anilines is 1. The Morgan fingerprint density at radius 1 is 1.12 bits per heavy atom. The van der Waals surface area contributed by atoms with Crippen LogP contribution in [-0.2, 0) is 6.42 Å². The van der Waals surface area contributed by atoms with E-state index in [2.05, 4.69) is 15.5 Å². The van der Waals surface area contributed by atoms with Gasteiger partial charge in [-0.3, -0.25) is 9.20 Å². The first-order chi connectivity index (χ1) is 12.2. The number of nitrogens with one attached hydrogen (secondary N) is 1. The lowest BCUT2D eigenvalue weighted by molar-refractivity contribution is 0.102. The highest BCUT2D eigenvalue weighted by Gasteiger charge is 2.11. The molecule has 0 aliphatic rings. The van der Waals surface area contributed by atoms with E-state index >= 15 is 0 Å². The largest absolute Gasteiger partial charge is 0.469 e. The molecule has 0 fully saturated rings. The number of nitrogens with zero attached hydrogens (tertiary/aromatic N) is 3. The second kappa shape index (κ2) is 6.24. The molecule has 4 aromatic rings. The maximum Gasteiger partial charge on any atom is 0.259 e. The lowest BCUT2D eigenvalue weighted by Crippen LogP contribution is -2.12. The summed E-state index contributed by atoms with van der Waals surface area (Å²) in [5.74, 6) is 1.30. The molecule has 0 aliphatic carbocycles. The predicted molar refractivity (Wildman–Crippen MR) is 93.6 cm³/mol. The number of hydrogen-bond acceptors (Lipinski definition) is 4.